The Morgan fingerprint density at radius 1 is 0.975 bits per heavy atom. The number of pyridine rings is 2. The van der Waals surface area contributed by atoms with Crippen molar-refractivity contribution in [3.8, 4) is 35.1 Å². The van der Waals surface area contributed by atoms with Crippen LogP contribution < -0.4 is 0 Å². The fraction of sp³-hybridized carbons (Fsp3) is 0.231. The molecule has 0 aliphatic carbocycles. The van der Waals surface area contributed by atoms with Crippen molar-refractivity contribution in [1.29, 1.82) is 0 Å². The SMILES string of the molecule is C#CC(=O)OC(C)C.CC(C)OC(=O)/C=C\n1cnc(-c2cncc(Cl)c2)n1.Clc1cncc(-c2ncn[nH]2)c1. The minimum atomic E-state index is -0.597. The average Bonchev–Trinajstić information content (AvgIpc) is 3.60. The lowest BCUT2D eigenvalue weighted by atomic mass is 10.3. The van der Waals surface area contributed by atoms with Gasteiger partial charge in [0.1, 0.15) is 12.7 Å². The molecule has 0 saturated heterocycles. The second kappa shape index (κ2) is 16.4. The predicted octanol–water partition coefficient (Wildman–Crippen LogP) is 4.51. The Balaban J connectivity index is 0.000000237. The maximum absolute atomic E-state index is 11.4. The first-order valence-electron chi connectivity index (χ1n) is 11.6. The third kappa shape index (κ3) is 11.8. The number of esters is 2. The van der Waals surface area contributed by atoms with E-state index in [2.05, 4.69) is 40.0 Å². The van der Waals surface area contributed by atoms with Gasteiger partial charge in [-0.3, -0.25) is 15.1 Å². The van der Waals surface area contributed by atoms with Crippen LogP contribution in [0, 0.1) is 12.3 Å². The van der Waals surface area contributed by atoms with Crippen LogP contribution >= 0.6 is 23.2 Å². The number of hydrogen-bond donors (Lipinski definition) is 1. The Hall–Kier alpha value is -4.60. The van der Waals surface area contributed by atoms with E-state index in [9.17, 15) is 9.59 Å². The van der Waals surface area contributed by atoms with Gasteiger partial charge in [-0.2, -0.15) is 5.10 Å². The first-order chi connectivity index (χ1) is 19.1. The minimum Gasteiger partial charge on any atom is -0.460 e. The highest BCUT2D eigenvalue weighted by Gasteiger charge is 2.05. The lowest BCUT2D eigenvalue weighted by Crippen LogP contribution is -2.08. The number of nitrogens with one attached hydrogen (secondary N) is 1. The van der Waals surface area contributed by atoms with Gasteiger partial charge in [-0.05, 0) is 39.8 Å². The van der Waals surface area contributed by atoms with Crippen LogP contribution in [0.3, 0.4) is 0 Å². The normalized spacial score (nSPS) is 10.3. The lowest BCUT2D eigenvalue weighted by molar-refractivity contribution is -0.141. The topological polar surface area (TPSA) is 151 Å². The smallest absolute Gasteiger partial charge is 0.384 e. The molecule has 4 heterocycles. The molecular weight excluding hydrogens is 559 g/mol. The zero-order valence-electron chi connectivity index (χ0n) is 22.0. The van der Waals surface area contributed by atoms with E-state index in [0.29, 0.717) is 27.3 Å². The van der Waals surface area contributed by atoms with Gasteiger partial charge in [0.2, 0.25) is 0 Å². The zero-order valence-corrected chi connectivity index (χ0v) is 23.5. The van der Waals surface area contributed by atoms with Gasteiger partial charge in [0.25, 0.3) is 0 Å². The molecule has 0 aromatic carbocycles. The quantitative estimate of drug-likeness (QED) is 0.148. The molecular formula is C26H26Cl2N8O4. The molecule has 0 atom stereocenters. The molecule has 0 unspecified atom stereocenters. The van der Waals surface area contributed by atoms with Crippen LogP contribution in [-0.2, 0) is 19.1 Å². The van der Waals surface area contributed by atoms with Crippen molar-refractivity contribution in [3.63, 3.8) is 0 Å². The maximum Gasteiger partial charge on any atom is 0.384 e. The van der Waals surface area contributed by atoms with E-state index in [1.807, 2.05) is 5.92 Å². The summed E-state index contributed by atoms with van der Waals surface area (Å²) >= 11 is 11.6. The van der Waals surface area contributed by atoms with Gasteiger partial charge in [-0.15, -0.1) is 11.5 Å². The first kappa shape index (κ1) is 31.6. The number of halogens is 2. The van der Waals surface area contributed by atoms with Gasteiger partial charge in [-0.25, -0.2) is 24.2 Å². The van der Waals surface area contributed by atoms with Crippen LogP contribution in [0.25, 0.3) is 29.0 Å². The number of ether oxygens (including phenoxy) is 2. The standard InChI is InChI=1S/C13H13ClN4O2.C7H5ClN4.C6H8O2/c1-9(2)20-12(19)3-4-18-8-16-13(17-18)10-5-11(14)7-15-6-10;8-6-1-5(2-9-3-6)7-10-4-11-12-7;1-4-6(7)8-5(2)3/h3-9H,1-2H3;1-4H,(H,10,11,12);1,5H,2-3H3/b4-3-;;. The van der Waals surface area contributed by atoms with Gasteiger partial charge < -0.3 is 9.47 Å². The number of carbonyl (C=O) groups is 2. The third-order valence-electron chi connectivity index (χ3n) is 4.04. The van der Waals surface area contributed by atoms with E-state index < -0.39 is 11.9 Å². The monoisotopic (exact) mass is 584 g/mol. The summed E-state index contributed by atoms with van der Waals surface area (Å²) in [5, 5.41) is 11.7. The number of carbonyl (C=O) groups excluding carboxylic acids is 2. The predicted molar refractivity (Wildman–Crippen MR) is 150 cm³/mol. The van der Waals surface area contributed by atoms with Crippen LogP contribution in [0.1, 0.15) is 27.7 Å². The molecule has 0 amide bonds. The minimum absolute atomic E-state index is 0.112. The zero-order chi connectivity index (χ0) is 29.5. The maximum atomic E-state index is 11.4. The summed E-state index contributed by atoms with van der Waals surface area (Å²) in [6.45, 7) is 7.06. The Kier molecular flexibility index (Phi) is 12.9. The number of H-pyrrole nitrogens is 1. The molecule has 4 aromatic rings. The van der Waals surface area contributed by atoms with E-state index in [1.54, 1.807) is 58.4 Å². The summed E-state index contributed by atoms with van der Waals surface area (Å²) in [6, 6.07) is 3.49. The van der Waals surface area contributed by atoms with Gasteiger partial charge in [0, 0.05) is 54.1 Å². The van der Waals surface area contributed by atoms with Gasteiger partial charge in [0.15, 0.2) is 11.6 Å². The summed E-state index contributed by atoms with van der Waals surface area (Å²) in [7, 11) is 0. The highest BCUT2D eigenvalue weighted by atomic mass is 35.5. The van der Waals surface area contributed by atoms with Crippen LogP contribution in [-0.4, -0.2) is 64.1 Å². The summed E-state index contributed by atoms with van der Waals surface area (Å²) < 4.78 is 10.9. The highest BCUT2D eigenvalue weighted by molar-refractivity contribution is 6.31. The average molecular weight is 585 g/mol. The fourth-order valence-corrected chi connectivity index (χ4v) is 2.90. The lowest BCUT2D eigenvalue weighted by Gasteiger charge is -2.03. The molecule has 0 fully saturated rings. The number of aromatic nitrogens is 8. The molecule has 0 radical (unpaired) electrons. The summed E-state index contributed by atoms with van der Waals surface area (Å²) in [5.41, 5.74) is 1.54. The van der Waals surface area contributed by atoms with E-state index in [1.165, 1.54) is 35.8 Å². The number of aromatic amines is 1. The van der Waals surface area contributed by atoms with Crippen molar-refractivity contribution in [2.24, 2.45) is 0 Å². The summed E-state index contributed by atoms with van der Waals surface area (Å²) in [6.07, 6.45) is 16.5. The molecule has 4 rings (SSSR count). The Morgan fingerprint density at radius 2 is 1.60 bits per heavy atom. The van der Waals surface area contributed by atoms with E-state index in [-0.39, 0.29) is 12.2 Å². The van der Waals surface area contributed by atoms with Crippen LogP contribution in [0.5, 0.6) is 0 Å². The Bertz CT molecular complexity index is 1450. The van der Waals surface area contributed by atoms with E-state index >= 15 is 0 Å². The molecule has 14 heteroatoms. The van der Waals surface area contributed by atoms with Gasteiger partial charge >= 0.3 is 11.9 Å². The molecule has 0 saturated carbocycles. The molecule has 4 aromatic heterocycles. The van der Waals surface area contributed by atoms with Crippen molar-refractivity contribution in [2.45, 2.75) is 39.9 Å². The second-order valence-electron chi connectivity index (χ2n) is 8.07. The molecule has 12 nitrogen and oxygen atoms in total. The first-order valence-corrected chi connectivity index (χ1v) is 12.4. The van der Waals surface area contributed by atoms with Crippen LogP contribution in [0.15, 0.2) is 55.7 Å². The van der Waals surface area contributed by atoms with Crippen molar-refractivity contribution in [1.82, 2.24) is 39.9 Å². The Labute approximate surface area is 240 Å². The number of hydrogen-bond acceptors (Lipinski definition) is 10. The summed E-state index contributed by atoms with van der Waals surface area (Å²) in [4.78, 5) is 37.5. The second-order valence-corrected chi connectivity index (χ2v) is 8.94. The highest BCUT2D eigenvalue weighted by Crippen LogP contribution is 2.17. The van der Waals surface area contributed by atoms with E-state index in [0.717, 1.165) is 5.56 Å². The number of rotatable bonds is 6. The van der Waals surface area contributed by atoms with Crippen molar-refractivity contribution in [2.75, 3.05) is 0 Å². The van der Waals surface area contributed by atoms with Crippen molar-refractivity contribution in [3.05, 3.63) is 65.7 Å². The van der Waals surface area contributed by atoms with Crippen LogP contribution in [0.2, 0.25) is 10.0 Å². The number of terminal acetylenes is 1. The molecule has 1 N–H and O–H groups in total. The molecule has 0 aliphatic heterocycles. The summed E-state index contributed by atoms with van der Waals surface area (Å²) in [5.74, 6) is 1.95. The van der Waals surface area contributed by atoms with E-state index in [4.69, 9.17) is 34.4 Å². The molecule has 0 spiro atoms. The third-order valence-corrected chi connectivity index (χ3v) is 4.45. The number of nitrogens with zero attached hydrogens (tertiary/aromatic N) is 7. The molecule has 0 aliphatic rings. The fourth-order valence-electron chi connectivity index (χ4n) is 2.56. The van der Waals surface area contributed by atoms with Crippen molar-refractivity contribution < 1.29 is 19.1 Å². The molecule has 208 valence electrons. The van der Waals surface area contributed by atoms with Gasteiger partial charge in [0.05, 0.1) is 22.3 Å². The molecule has 0 bridgehead atoms. The molecule has 40 heavy (non-hydrogen) atoms. The van der Waals surface area contributed by atoms with Crippen LogP contribution in [0.4, 0.5) is 0 Å². The largest absolute Gasteiger partial charge is 0.460 e. The van der Waals surface area contributed by atoms with Crippen molar-refractivity contribution >= 4 is 41.3 Å². The Morgan fingerprint density at radius 3 is 2.12 bits per heavy atom. The van der Waals surface area contributed by atoms with Gasteiger partial charge in [-0.1, -0.05) is 23.2 Å².